The van der Waals surface area contributed by atoms with Crippen molar-refractivity contribution in [2.24, 2.45) is 11.7 Å². The maximum atomic E-state index is 13.4. The summed E-state index contributed by atoms with van der Waals surface area (Å²) in [7, 11) is 1.40. The Morgan fingerprint density at radius 3 is 2.48 bits per heavy atom. The van der Waals surface area contributed by atoms with Crippen LogP contribution in [-0.2, 0) is 28.8 Å². The minimum atomic E-state index is -0.664. The largest absolute Gasteiger partial charge is 0.452 e. The van der Waals surface area contributed by atoms with Crippen molar-refractivity contribution in [2.75, 3.05) is 18.6 Å². The van der Waals surface area contributed by atoms with Gasteiger partial charge in [0.25, 0.3) is 0 Å². The van der Waals surface area contributed by atoms with Crippen LogP contribution in [0.25, 0.3) is 0 Å². The van der Waals surface area contributed by atoms with Gasteiger partial charge in [0.1, 0.15) is 0 Å². The Balaban J connectivity index is 1.36. The lowest BCUT2D eigenvalue weighted by Gasteiger charge is -2.35. The summed E-state index contributed by atoms with van der Waals surface area (Å²) in [4.78, 5) is 27.6. The van der Waals surface area contributed by atoms with Gasteiger partial charge >= 0.3 is 6.09 Å². The fourth-order valence-corrected chi connectivity index (χ4v) is 6.79. The van der Waals surface area contributed by atoms with E-state index in [9.17, 15) is 9.59 Å². The van der Waals surface area contributed by atoms with Gasteiger partial charge in [-0.2, -0.15) is 0 Å². The van der Waals surface area contributed by atoms with E-state index < -0.39 is 6.04 Å². The molecule has 3 aromatic rings. The molecule has 0 saturated carbocycles. The molecule has 2 aliphatic rings. The number of hydrogen-bond acceptors (Lipinski definition) is 4. The lowest BCUT2D eigenvalue weighted by molar-refractivity contribution is -0.123. The van der Waals surface area contributed by atoms with E-state index in [-0.39, 0.29) is 18.0 Å². The molecule has 2 amide bonds. The predicted molar refractivity (Wildman–Crippen MR) is 160 cm³/mol. The van der Waals surface area contributed by atoms with E-state index in [0.717, 1.165) is 40.8 Å². The Labute approximate surface area is 237 Å². The van der Waals surface area contributed by atoms with Crippen LogP contribution in [0.4, 0.5) is 10.5 Å². The summed E-state index contributed by atoms with van der Waals surface area (Å²) >= 11 is 0. The number of fused-ring (bicyclic) bond motifs is 2. The Hall–Kier alpha value is -3.64. The van der Waals surface area contributed by atoms with Gasteiger partial charge in [0.2, 0.25) is 5.91 Å². The van der Waals surface area contributed by atoms with E-state index in [1.807, 2.05) is 6.07 Å². The Morgan fingerprint density at radius 2 is 1.77 bits per heavy atom. The molecule has 0 radical (unpaired) electrons. The second-order valence-corrected chi connectivity index (χ2v) is 11.7. The molecule has 1 heterocycles. The van der Waals surface area contributed by atoms with Crippen molar-refractivity contribution in [3.8, 4) is 0 Å². The third kappa shape index (κ3) is 5.50. The van der Waals surface area contributed by atoms with Crippen molar-refractivity contribution < 1.29 is 14.3 Å². The van der Waals surface area contributed by atoms with Gasteiger partial charge in [-0.15, -0.1) is 0 Å². The summed E-state index contributed by atoms with van der Waals surface area (Å²) in [5.74, 6) is 0.825. The van der Waals surface area contributed by atoms with Crippen LogP contribution in [0.5, 0.6) is 0 Å². The zero-order chi connectivity index (χ0) is 28.6. The molecule has 0 saturated heterocycles. The van der Waals surface area contributed by atoms with Gasteiger partial charge in [0.15, 0.2) is 0 Å². The lowest BCUT2D eigenvalue weighted by Crippen LogP contribution is -2.46. The summed E-state index contributed by atoms with van der Waals surface area (Å²) in [6.45, 7) is 9.00. The van der Waals surface area contributed by atoms with Crippen molar-refractivity contribution in [3.63, 3.8) is 0 Å². The molecule has 4 atom stereocenters. The molecule has 4 unspecified atom stereocenters. The van der Waals surface area contributed by atoms with Crippen LogP contribution in [0.1, 0.15) is 69.8 Å². The molecule has 0 spiro atoms. The van der Waals surface area contributed by atoms with Crippen molar-refractivity contribution >= 4 is 17.7 Å². The average Bonchev–Trinajstić information content (AvgIpc) is 3.25. The number of methoxy groups -OCH3 is 1. The van der Waals surface area contributed by atoms with Crippen molar-refractivity contribution in [2.45, 2.75) is 71.4 Å². The summed E-state index contributed by atoms with van der Waals surface area (Å²) in [5.41, 5.74) is 16.9. The highest BCUT2D eigenvalue weighted by Crippen LogP contribution is 2.41. The maximum absolute atomic E-state index is 13.4. The number of hydrogen-bond donors (Lipinski definition) is 2. The molecule has 6 heteroatoms. The summed E-state index contributed by atoms with van der Waals surface area (Å²) in [5, 5.41) is 3.22. The van der Waals surface area contributed by atoms with Crippen LogP contribution in [0, 0.1) is 26.7 Å². The van der Waals surface area contributed by atoms with E-state index in [4.69, 9.17) is 10.5 Å². The number of carbonyl (C=O) groups is 2. The number of nitrogens with one attached hydrogen (secondary N) is 1. The molecule has 0 fully saturated rings. The minimum Gasteiger partial charge on any atom is -0.452 e. The monoisotopic (exact) mass is 539 g/mol. The van der Waals surface area contributed by atoms with Gasteiger partial charge in [-0.05, 0) is 103 Å². The SMILES string of the molecule is COC(=O)N1CCC(NC(=O)C(N)Cc2c(C)cc(C)cc2C)c2cc(CC3Cc4ccccc4C3C)ccc21. The second kappa shape index (κ2) is 11.5. The molecule has 3 N–H and O–H groups in total. The lowest BCUT2D eigenvalue weighted by atomic mass is 9.86. The first-order chi connectivity index (χ1) is 19.2. The molecule has 1 aliphatic carbocycles. The van der Waals surface area contributed by atoms with Gasteiger partial charge in [0.05, 0.1) is 24.9 Å². The first-order valence-corrected chi connectivity index (χ1v) is 14.3. The topological polar surface area (TPSA) is 84.7 Å². The van der Waals surface area contributed by atoms with Crippen molar-refractivity contribution in [3.05, 3.63) is 99.1 Å². The molecule has 6 nitrogen and oxygen atoms in total. The average molecular weight is 540 g/mol. The fraction of sp³-hybridized carbons (Fsp3) is 0.412. The number of aryl methyl sites for hydroxylation is 3. The third-order valence-electron chi connectivity index (χ3n) is 8.94. The van der Waals surface area contributed by atoms with Gasteiger partial charge in [0, 0.05) is 6.54 Å². The number of carbonyl (C=O) groups excluding carboxylic acids is 2. The number of anilines is 1. The van der Waals surface area contributed by atoms with Crippen LogP contribution in [0.15, 0.2) is 54.6 Å². The normalized spacial score (nSPS) is 20.4. The van der Waals surface area contributed by atoms with Crippen LogP contribution in [0.3, 0.4) is 0 Å². The molecule has 5 rings (SSSR count). The van der Waals surface area contributed by atoms with Crippen LogP contribution >= 0.6 is 0 Å². The molecule has 3 aromatic carbocycles. The van der Waals surface area contributed by atoms with Gasteiger partial charge in [-0.1, -0.05) is 61.0 Å². The molecular formula is C34H41N3O3. The number of rotatable bonds is 6. The number of amides is 2. The minimum absolute atomic E-state index is 0.174. The highest BCUT2D eigenvalue weighted by molar-refractivity contribution is 5.90. The standard InChI is InChI=1S/C34H41N3O3/c1-20-14-21(2)28(22(3)15-20)19-30(35)33(38)36-31-12-13-37(34(39)40-5)32-11-10-24(17-29(31)32)16-26-18-25-8-6-7-9-27(25)23(26)4/h6-11,14-15,17,23,26,30-31H,12-13,16,18-19,35H2,1-5H3,(H,36,38). The zero-order valence-corrected chi connectivity index (χ0v) is 24.3. The highest BCUT2D eigenvalue weighted by Gasteiger charge is 2.33. The smallest absolute Gasteiger partial charge is 0.414 e. The van der Waals surface area contributed by atoms with Crippen LogP contribution in [-0.4, -0.2) is 31.7 Å². The Bertz CT molecular complexity index is 1410. The third-order valence-corrected chi connectivity index (χ3v) is 8.94. The first-order valence-electron chi connectivity index (χ1n) is 14.3. The van der Waals surface area contributed by atoms with Crippen LogP contribution in [0.2, 0.25) is 0 Å². The predicted octanol–water partition coefficient (Wildman–Crippen LogP) is 5.83. The van der Waals surface area contributed by atoms with Crippen molar-refractivity contribution in [1.29, 1.82) is 0 Å². The number of ether oxygens (including phenoxy) is 1. The summed E-state index contributed by atoms with van der Waals surface area (Å²) in [6.07, 6.45) is 2.69. The van der Waals surface area contributed by atoms with Crippen molar-refractivity contribution in [1.82, 2.24) is 5.32 Å². The van der Waals surface area contributed by atoms with E-state index in [2.05, 4.69) is 81.5 Å². The maximum Gasteiger partial charge on any atom is 0.414 e. The summed E-state index contributed by atoms with van der Waals surface area (Å²) < 4.78 is 5.07. The molecular weight excluding hydrogens is 498 g/mol. The molecule has 1 aliphatic heterocycles. The van der Waals surface area contributed by atoms with E-state index in [1.165, 1.54) is 29.4 Å². The second-order valence-electron chi connectivity index (χ2n) is 11.7. The molecule has 40 heavy (non-hydrogen) atoms. The van der Waals surface area contributed by atoms with Crippen LogP contribution < -0.4 is 16.0 Å². The highest BCUT2D eigenvalue weighted by atomic mass is 16.5. The molecule has 0 aromatic heterocycles. The number of benzene rings is 3. The quantitative estimate of drug-likeness (QED) is 0.413. The fourth-order valence-electron chi connectivity index (χ4n) is 6.79. The Morgan fingerprint density at radius 1 is 1.05 bits per heavy atom. The first kappa shape index (κ1) is 27.9. The van der Waals surface area contributed by atoms with E-state index >= 15 is 0 Å². The molecule has 210 valence electrons. The van der Waals surface area contributed by atoms with Gasteiger partial charge in [-0.3, -0.25) is 9.69 Å². The number of nitrogens with zero attached hydrogens (tertiary/aromatic N) is 1. The Kier molecular flexibility index (Phi) is 7.99. The van der Waals surface area contributed by atoms with E-state index in [1.54, 1.807) is 4.90 Å². The van der Waals surface area contributed by atoms with Gasteiger partial charge < -0.3 is 15.8 Å². The number of nitrogens with two attached hydrogens (primary N) is 1. The zero-order valence-electron chi connectivity index (χ0n) is 24.3. The van der Waals surface area contributed by atoms with Gasteiger partial charge in [-0.25, -0.2) is 4.79 Å². The summed E-state index contributed by atoms with van der Waals surface area (Å²) in [6, 6.07) is 18.4. The van der Waals surface area contributed by atoms with E-state index in [0.29, 0.717) is 31.2 Å². The molecule has 0 bridgehead atoms.